The predicted molar refractivity (Wildman–Crippen MR) is 77.0 cm³/mol. The van der Waals surface area contributed by atoms with E-state index >= 15 is 0 Å². The summed E-state index contributed by atoms with van der Waals surface area (Å²) in [6, 6.07) is 12.1. The van der Waals surface area contributed by atoms with Crippen molar-refractivity contribution in [2.24, 2.45) is 0 Å². The van der Waals surface area contributed by atoms with Crippen molar-refractivity contribution >= 4 is 26.0 Å². The largest absolute Gasteiger partial charge is 0.260 e. The molecular weight excluding hydrogens is 328 g/mol. The molecule has 0 atom stereocenters. The van der Waals surface area contributed by atoms with E-state index in [2.05, 4.69) is 20.9 Å². The van der Waals surface area contributed by atoms with Crippen LogP contribution in [-0.2, 0) is 16.6 Å². The molecule has 0 saturated heterocycles. The number of pyridine rings is 1. The molecule has 1 aromatic heterocycles. The van der Waals surface area contributed by atoms with E-state index in [9.17, 15) is 8.42 Å². The summed E-state index contributed by atoms with van der Waals surface area (Å²) in [5.41, 5.74) is 0.712. The maximum Gasteiger partial charge on any atom is 0.243 e. The Kier molecular flexibility index (Phi) is 4.34. The number of benzene rings is 1. The molecule has 6 heteroatoms. The second kappa shape index (κ2) is 5.81. The molecule has 0 radical (unpaired) electrons. The number of sulfonamides is 1. The monoisotopic (exact) mass is 340 g/mol. The van der Waals surface area contributed by atoms with E-state index in [1.54, 1.807) is 49.6 Å². The molecule has 100 valence electrons. The fraction of sp³-hybridized carbons (Fsp3) is 0.154. The van der Waals surface area contributed by atoms with E-state index < -0.39 is 10.0 Å². The number of halogens is 1. The van der Waals surface area contributed by atoms with Gasteiger partial charge in [-0.1, -0.05) is 28.1 Å². The second-order valence-electron chi connectivity index (χ2n) is 4.04. The molecule has 0 spiro atoms. The van der Waals surface area contributed by atoms with Gasteiger partial charge in [0.15, 0.2) is 0 Å². The molecule has 0 unspecified atom stereocenters. The third kappa shape index (κ3) is 3.40. The first kappa shape index (κ1) is 14.2. The van der Waals surface area contributed by atoms with E-state index in [0.29, 0.717) is 5.69 Å². The maximum atomic E-state index is 12.4. The van der Waals surface area contributed by atoms with Crippen LogP contribution >= 0.6 is 15.9 Å². The Balaban J connectivity index is 2.25. The Hall–Kier alpha value is -1.24. The Morgan fingerprint density at radius 2 is 2.00 bits per heavy atom. The normalized spacial score (nSPS) is 11.7. The highest BCUT2D eigenvalue weighted by molar-refractivity contribution is 9.10. The van der Waals surface area contributed by atoms with Crippen LogP contribution < -0.4 is 0 Å². The van der Waals surface area contributed by atoms with Crippen molar-refractivity contribution in [1.82, 2.24) is 9.29 Å². The van der Waals surface area contributed by atoms with Crippen LogP contribution in [0.4, 0.5) is 0 Å². The Morgan fingerprint density at radius 1 is 1.21 bits per heavy atom. The minimum Gasteiger partial charge on any atom is -0.260 e. The summed E-state index contributed by atoms with van der Waals surface area (Å²) in [5, 5.41) is 0. The number of rotatable bonds is 4. The van der Waals surface area contributed by atoms with Gasteiger partial charge >= 0.3 is 0 Å². The molecule has 2 rings (SSSR count). The van der Waals surface area contributed by atoms with Crippen LogP contribution in [0.1, 0.15) is 5.69 Å². The molecule has 0 fully saturated rings. The highest BCUT2D eigenvalue weighted by Gasteiger charge is 2.21. The van der Waals surface area contributed by atoms with Crippen LogP contribution in [0.5, 0.6) is 0 Å². The van der Waals surface area contributed by atoms with E-state index in [4.69, 9.17) is 0 Å². The zero-order valence-corrected chi connectivity index (χ0v) is 12.7. The summed E-state index contributed by atoms with van der Waals surface area (Å²) in [5.74, 6) is 0. The average molecular weight is 341 g/mol. The van der Waals surface area contributed by atoms with Crippen molar-refractivity contribution in [2.75, 3.05) is 7.05 Å². The first-order valence-corrected chi connectivity index (χ1v) is 7.85. The van der Waals surface area contributed by atoms with E-state index in [1.165, 1.54) is 4.31 Å². The van der Waals surface area contributed by atoms with Gasteiger partial charge < -0.3 is 0 Å². The molecule has 0 bridgehead atoms. The van der Waals surface area contributed by atoms with Gasteiger partial charge in [-0.3, -0.25) is 4.98 Å². The van der Waals surface area contributed by atoms with Crippen molar-refractivity contribution in [3.63, 3.8) is 0 Å². The Bertz CT molecular complexity index is 659. The molecule has 19 heavy (non-hydrogen) atoms. The van der Waals surface area contributed by atoms with Crippen LogP contribution in [0.3, 0.4) is 0 Å². The molecule has 0 aliphatic heterocycles. The molecular formula is C13H13BrN2O2S. The molecule has 0 amide bonds. The zero-order valence-electron chi connectivity index (χ0n) is 10.3. The van der Waals surface area contributed by atoms with Gasteiger partial charge in [-0.2, -0.15) is 4.31 Å². The zero-order chi connectivity index (χ0) is 13.9. The Labute approximate surface area is 121 Å². The first-order chi connectivity index (χ1) is 9.00. The standard InChI is InChI=1S/C13H13BrN2O2S/c1-16(10-12-6-2-3-8-15-12)19(17,18)13-7-4-5-11(14)9-13/h2-9H,10H2,1H3. The second-order valence-corrected chi connectivity index (χ2v) is 7.00. The summed E-state index contributed by atoms with van der Waals surface area (Å²) in [7, 11) is -1.95. The van der Waals surface area contributed by atoms with Crippen LogP contribution in [0.25, 0.3) is 0 Å². The molecule has 1 aromatic carbocycles. The lowest BCUT2D eigenvalue weighted by molar-refractivity contribution is 0.462. The average Bonchev–Trinajstić information content (AvgIpc) is 2.40. The third-order valence-corrected chi connectivity index (χ3v) is 4.91. The topological polar surface area (TPSA) is 50.3 Å². The summed E-state index contributed by atoms with van der Waals surface area (Å²) < 4.78 is 26.8. The third-order valence-electron chi connectivity index (χ3n) is 2.62. The quantitative estimate of drug-likeness (QED) is 0.859. The van der Waals surface area contributed by atoms with E-state index in [-0.39, 0.29) is 11.4 Å². The lowest BCUT2D eigenvalue weighted by atomic mass is 10.3. The number of hydrogen-bond acceptors (Lipinski definition) is 3. The van der Waals surface area contributed by atoms with Gasteiger partial charge in [0.1, 0.15) is 0 Å². The minimum absolute atomic E-state index is 0.246. The lowest BCUT2D eigenvalue weighted by Crippen LogP contribution is -2.26. The number of hydrogen-bond donors (Lipinski definition) is 0. The summed E-state index contributed by atoms with van der Waals surface area (Å²) in [6.45, 7) is 0.246. The molecule has 0 aliphatic carbocycles. The number of aromatic nitrogens is 1. The predicted octanol–water partition coefficient (Wildman–Crippen LogP) is 2.66. The van der Waals surface area contributed by atoms with Gasteiger partial charge in [-0.15, -0.1) is 0 Å². The van der Waals surface area contributed by atoms with Gasteiger partial charge in [0.2, 0.25) is 10.0 Å². The molecule has 1 heterocycles. The van der Waals surface area contributed by atoms with Gasteiger partial charge in [0.05, 0.1) is 17.1 Å². The maximum absolute atomic E-state index is 12.4. The smallest absolute Gasteiger partial charge is 0.243 e. The molecule has 0 N–H and O–H groups in total. The molecule has 0 aliphatic rings. The minimum atomic E-state index is -3.50. The summed E-state index contributed by atoms with van der Waals surface area (Å²) in [4.78, 5) is 4.39. The Morgan fingerprint density at radius 3 is 2.63 bits per heavy atom. The van der Waals surface area contributed by atoms with Crippen molar-refractivity contribution in [1.29, 1.82) is 0 Å². The van der Waals surface area contributed by atoms with Gasteiger partial charge in [0, 0.05) is 17.7 Å². The molecule has 0 saturated carbocycles. The van der Waals surface area contributed by atoms with Crippen molar-refractivity contribution < 1.29 is 8.42 Å². The number of nitrogens with zero attached hydrogens (tertiary/aromatic N) is 2. The molecule has 2 aromatic rings. The van der Waals surface area contributed by atoms with Crippen molar-refractivity contribution in [3.05, 3.63) is 58.8 Å². The van der Waals surface area contributed by atoms with Gasteiger partial charge in [-0.25, -0.2) is 8.42 Å². The molecule has 4 nitrogen and oxygen atoms in total. The highest BCUT2D eigenvalue weighted by atomic mass is 79.9. The fourth-order valence-corrected chi connectivity index (χ4v) is 3.35. The van der Waals surface area contributed by atoms with Crippen LogP contribution in [0.15, 0.2) is 58.0 Å². The summed E-state index contributed by atoms with van der Waals surface area (Å²) >= 11 is 3.28. The van der Waals surface area contributed by atoms with E-state index in [1.807, 2.05) is 6.07 Å². The van der Waals surface area contributed by atoms with Crippen molar-refractivity contribution in [3.8, 4) is 0 Å². The van der Waals surface area contributed by atoms with Gasteiger partial charge in [-0.05, 0) is 30.3 Å². The fourth-order valence-electron chi connectivity index (χ4n) is 1.61. The summed E-state index contributed by atoms with van der Waals surface area (Å²) in [6.07, 6.45) is 1.65. The van der Waals surface area contributed by atoms with Crippen molar-refractivity contribution in [2.45, 2.75) is 11.4 Å². The lowest BCUT2D eigenvalue weighted by Gasteiger charge is -2.16. The van der Waals surface area contributed by atoms with Crippen LogP contribution in [0, 0.1) is 0 Å². The first-order valence-electron chi connectivity index (χ1n) is 5.62. The highest BCUT2D eigenvalue weighted by Crippen LogP contribution is 2.20. The van der Waals surface area contributed by atoms with E-state index in [0.717, 1.165) is 4.47 Å². The van der Waals surface area contributed by atoms with Crippen LogP contribution in [0.2, 0.25) is 0 Å². The van der Waals surface area contributed by atoms with Crippen LogP contribution in [-0.4, -0.2) is 24.8 Å². The van der Waals surface area contributed by atoms with Gasteiger partial charge in [0.25, 0.3) is 0 Å². The SMILES string of the molecule is CN(Cc1ccccn1)S(=O)(=O)c1cccc(Br)c1.